The Morgan fingerprint density at radius 1 is 0.914 bits per heavy atom. The molecule has 0 bridgehead atoms. The van der Waals surface area contributed by atoms with E-state index in [1.54, 1.807) is 0 Å². The Bertz CT molecular complexity index is 1440. The van der Waals surface area contributed by atoms with Crippen LogP contribution in [0.1, 0.15) is 40.9 Å². The monoisotopic (exact) mass is 460 g/mol. The van der Waals surface area contributed by atoms with Crippen molar-refractivity contribution in [2.75, 3.05) is 26.2 Å². The first kappa shape index (κ1) is 21.6. The lowest BCUT2D eigenvalue weighted by Crippen LogP contribution is -2.39. The number of fused-ring (bicyclic) bond motifs is 1. The van der Waals surface area contributed by atoms with Gasteiger partial charge >= 0.3 is 0 Å². The Kier molecular flexibility index (Phi) is 5.60. The first-order chi connectivity index (χ1) is 17.2. The first-order valence-corrected chi connectivity index (χ1v) is 12.4. The second kappa shape index (κ2) is 9.05. The number of benzene rings is 3. The Morgan fingerprint density at radius 2 is 1.71 bits per heavy atom. The third-order valence-electron chi connectivity index (χ3n) is 7.52. The molecule has 1 spiro atoms. The van der Waals surface area contributed by atoms with Gasteiger partial charge in [0, 0.05) is 29.6 Å². The van der Waals surface area contributed by atoms with Crippen LogP contribution in [0, 0.1) is 17.3 Å². The minimum absolute atomic E-state index is 0.108. The number of likely N-dealkylation sites (tertiary alicyclic amines) is 1. The SMILES string of the molecule is O=C(c1ccc2n[nH]c(C#Cc3ccccc3-c3ccccc3)c2c1)N1CCC2(CCNCC2)C1. The minimum atomic E-state index is 0.108. The fourth-order valence-corrected chi connectivity index (χ4v) is 5.49. The van der Waals surface area contributed by atoms with Gasteiger partial charge in [0.05, 0.1) is 5.52 Å². The molecule has 0 aliphatic carbocycles. The number of piperidine rings is 1. The van der Waals surface area contributed by atoms with Crippen molar-refractivity contribution in [2.45, 2.75) is 19.3 Å². The number of aromatic nitrogens is 2. The molecule has 2 fully saturated rings. The Hall–Kier alpha value is -3.88. The van der Waals surface area contributed by atoms with Crippen molar-refractivity contribution in [1.82, 2.24) is 20.4 Å². The molecule has 0 atom stereocenters. The van der Waals surface area contributed by atoms with Crippen LogP contribution in [0.3, 0.4) is 0 Å². The average Bonchev–Trinajstić information content (AvgIpc) is 3.52. The van der Waals surface area contributed by atoms with Gasteiger partial charge in [0.1, 0.15) is 5.69 Å². The van der Waals surface area contributed by atoms with Crippen molar-refractivity contribution >= 4 is 16.8 Å². The molecule has 2 aliphatic rings. The quantitative estimate of drug-likeness (QED) is 0.421. The van der Waals surface area contributed by atoms with Gasteiger partial charge in [-0.25, -0.2) is 0 Å². The van der Waals surface area contributed by atoms with Crippen molar-refractivity contribution in [1.29, 1.82) is 0 Å². The summed E-state index contributed by atoms with van der Waals surface area (Å²) in [5.74, 6) is 6.71. The van der Waals surface area contributed by atoms with Gasteiger partial charge in [-0.05, 0) is 79.1 Å². The molecule has 1 amide bonds. The summed E-state index contributed by atoms with van der Waals surface area (Å²) in [7, 11) is 0. The summed E-state index contributed by atoms with van der Waals surface area (Å²) in [6.45, 7) is 3.81. The number of hydrogen-bond donors (Lipinski definition) is 2. The molecule has 4 aromatic rings. The third-order valence-corrected chi connectivity index (χ3v) is 7.52. The van der Waals surface area contributed by atoms with Gasteiger partial charge in [0.2, 0.25) is 0 Å². The second-order valence-corrected chi connectivity index (χ2v) is 9.72. The van der Waals surface area contributed by atoms with E-state index in [4.69, 9.17) is 0 Å². The zero-order valence-corrected chi connectivity index (χ0v) is 19.7. The molecular weight excluding hydrogens is 432 g/mol. The molecule has 3 aromatic carbocycles. The number of amides is 1. The summed E-state index contributed by atoms with van der Waals surface area (Å²) in [6, 6.07) is 24.2. The lowest BCUT2D eigenvalue weighted by atomic mass is 9.78. The molecule has 2 saturated heterocycles. The van der Waals surface area contributed by atoms with Crippen LogP contribution in [-0.4, -0.2) is 47.2 Å². The van der Waals surface area contributed by atoms with Crippen LogP contribution in [-0.2, 0) is 0 Å². The molecule has 0 saturated carbocycles. The second-order valence-electron chi connectivity index (χ2n) is 9.72. The van der Waals surface area contributed by atoms with E-state index in [-0.39, 0.29) is 5.91 Å². The van der Waals surface area contributed by atoms with E-state index in [0.717, 1.165) is 78.7 Å². The summed E-state index contributed by atoms with van der Waals surface area (Å²) in [4.78, 5) is 15.4. The molecule has 174 valence electrons. The van der Waals surface area contributed by atoms with Crippen LogP contribution < -0.4 is 5.32 Å². The van der Waals surface area contributed by atoms with Crippen LogP contribution >= 0.6 is 0 Å². The first-order valence-electron chi connectivity index (χ1n) is 12.4. The van der Waals surface area contributed by atoms with Crippen molar-refractivity contribution < 1.29 is 4.79 Å². The van der Waals surface area contributed by atoms with E-state index in [2.05, 4.69) is 45.6 Å². The summed E-state index contributed by atoms with van der Waals surface area (Å²) >= 11 is 0. The van der Waals surface area contributed by atoms with E-state index >= 15 is 0 Å². The molecular formula is C30H28N4O. The molecule has 1 aromatic heterocycles. The molecule has 5 heteroatoms. The third kappa shape index (κ3) is 4.22. The molecule has 35 heavy (non-hydrogen) atoms. The molecule has 3 heterocycles. The minimum Gasteiger partial charge on any atom is -0.338 e. The predicted octanol–water partition coefficient (Wildman–Crippen LogP) is 4.85. The van der Waals surface area contributed by atoms with Crippen molar-refractivity contribution in [3.8, 4) is 23.0 Å². The Balaban J connectivity index is 1.28. The Labute approximate surface area is 205 Å². The van der Waals surface area contributed by atoms with Gasteiger partial charge in [0.25, 0.3) is 5.91 Å². The van der Waals surface area contributed by atoms with E-state index in [0.29, 0.717) is 11.0 Å². The van der Waals surface area contributed by atoms with E-state index in [9.17, 15) is 4.79 Å². The van der Waals surface area contributed by atoms with Crippen LogP contribution in [0.15, 0.2) is 72.8 Å². The predicted molar refractivity (Wildman–Crippen MR) is 139 cm³/mol. The topological polar surface area (TPSA) is 61.0 Å². The smallest absolute Gasteiger partial charge is 0.253 e. The van der Waals surface area contributed by atoms with Gasteiger partial charge in [0.15, 0.2) is 0 Å². The van der Waals surface area contributed by atoms with Crippen molar-refractivity contribution in [3.05, 3.63) is 89.6 Å². The van der Waals surface area contributed by atoms with Gasteiger partial charge in [-0.2, -0.15) is 5.10 Å². The standard InChI is InChI=1S/C30H28N4O/c35-29(34-19-16-30(21-34)14-17-31-18-15-30)24-11-13-28-26(20-24)27(32-33-28)12-10-23-8-4-5-9-25(23)22-6-2-1-3-7-22/h1-9,11,13,20,31H,14-19,21H2,(H,32,33). The Morgan fingerprint density at radius 3 is 2.57 bits per heavy atom. The summed E-state index contributed by atoms with van der Waals surface area (Å²) in [6.07, 6.45) is 3.41. The lowest BCUT2D eigenvalue weighted by Gasteiger charge is -2.33. The number of carbonyl (C=O) groups excluding carboxylic acids is 1. The normalized spacial score (nSPS) is 16.9. The fourth-order valence-electron chi connectivity index (χ4n) is 5.49. The maximum Gasteiger partial charge on any atom is 0.253 e. The molecule has 2 N–H and O–H groups in total. The van der Waals surface area contributed by atoms with Crippen molar-refractivity contribution in [3.63, 3.8) is 0 Å². The summed E-state index contributed by atoms with van der Waals surface area (Å²) in [5.41, 5.74) is 5.74. The molecule has 0 radical (unpaired) electrons. The molecule has 0 unspecified atom stereocenters. The highest BCUT2D eigenvalue weighted by Gasteiger charge is 2.40. The largest absolute Gasteiger partial charge is 0.338 e. The van der Waals surface area contributed by atoms with Gasteiger partial charge in [-0.3, -0.25) is 9.89 Å². The van der Waals surface area contributed by atoms with Crippen LogP contribution in [0.4, 0.5) is 0 Å². The highest BCUT2D eigenvalue weighted by atomic mass is 16.2. The maximum absolute atomic E-state index is 13.4. The summed E-state index contributed by atoms with van der Waals surface area (Å²) < 4.78 is 0. The number of hydrogen-bond acceptors (Lipinski definition) is 3. The van der Waals surface area contributed by atoms with E-state index < -0.39 is 0 Å². The van der Waals surface area contributed by atoms with Crippen molar-refractivity contribution in [2.24, 2.45) is 5.41 Å². The number of carbonyl (C=O) groups is 1. The number of nitrogens with zero attached hydrogens (tertiary/aromatic N) is 2. The molecule has 6 rings (SSSR count). The number of aromatic amines is 1. The summed E-state index contributed by atoms with van der Waals surface area (Å²) in [5, 5.41) is 11.8. The highest BCUT2D eigenvalue weighted by Crippen LogP contribution is 2.39. The fraction of sp³-hybridized carbons (Fsp3) is 0.267. The van der Waals surface area contributed by atoms with Gasteiger partial charge in [-0.1, -0.05) is 54.5 Å². The highest BCUT2D eigenvalue weighted by molar-refractivity contribution is 5.99. The zero-order valence-electron chi connectivity index (χ0n) is 19.7. The maximum atomic E-state index is 13.4. The lowest BCUT2D eigenvalue weighted by molar-refractivity contribution is 0.0762. The zero-order chi connectivity index (χ0) is 23.7. The number of nitrogens with one attached hydrogen (secondary N) is 2. The van der Waals surface area contributed by atoms with Crippen LogP contribution in [0.2, 0.25) is 0 Å². The number of H-pyrrole nitrogens is 1. The molecule has 2 aliphatic heterocycles. The van der Waals surface area contributed by atoms with E-state index in [1.165, 1.54) is 0 Å². The average molecular weight is 461 g/mol. The van der Waals surface area contributed by atoms with E-state index in [1.807, 2.05) is 59.5 Å². The number of rotatable bonds is 2. The van der Waals surface area contributed by atoms with Gasteiger partial charge in [-0.15, -0.1) is 0 Å². The molecule has 5 nitrogen and oxygen atoms in total. The van der Waals surface area contributed by atoms with Crippen LogP contribution in [0.5, 0.6) is 0 Å². The van der Waals surface area contributed by atoms with Crippen LogP contribution in [0.25, 0.3) is 22.0 Å². The van der Waals surface area contributed by atoms with Gasteiger partial charge < -0.3 is 10.2 Å².